The lowest BCUT2D eigenvalue weighted by atomic mass is 9.67. The van der Waals surface area contributed by atoms with E-state index in [1.165, 1.54) is 6.42 Å². The monoisotopic (exact) mass is 387 g/mol. The number of hydrogen-bond acceptors (Lipinski definition) is 4. The smallest absolute Gasteiger partial charge is 0.227 e. The summed E-state index contributed by atoms with van der Waals surface area (Å²) in [5, 5.41) is 3.25. The molecule has 27 heavy (non-hydrogen) atoms. The molecule has 2 fully saturated rings. The molecule has 0 aromatic heterocycles. The summed E-state index contributed by atoms with van der Waals surface area (Å²) in [6.07, 6.45) is 6.15. The summed E-state index contributed by atoms with van der Waals surface area (Å²) in [6, 6.07) is 8.55. The van der Waals surface area contributed by atoms with Crippen LogP contribution in [0, 0.1) is 11.8 Å². The standard InChI is InChI=1S/C21H29N3O2S/c22-16-12-14-4-3-5-15(13-16)21(14)23-19(25)8-9-20(26)24-10-11-27-18-7-2-1-6-17(18)24/h1-2,6-7,14-16,21H,3-5,8-13,22H2,(H,23,25). The number of nitrogens with zero attached hydrogens (tertiary/aromatic N) is 1. The second-order valence-electron chi connectivity index (χ2n) is 8.14. The Morgan fingerprint density at radius 2 is 1.89 bits per heavy atom. The van der Waals surface area contributed by atoms with Gasteiger partial charge in [0.25, 0.3) is 0 Å². The molecule has 0 saturated heterocycles. The lowest BCUT2D eigenvalue weighted by Gasteiger charge is -2.45. The molecule has 1 aromatic rings. The molecule has 0 spiro atoms. The Bertz CT molecular complexity index is 696. The Labute approximate surface area is 165 Å². The van der Waals surface area contributed by atoms with Crippen LogP contribution < -0.4 is 16.0 Å². The van der Waals surface area contributed by atoms with Crippen molar-refractivity contribution in [3.8, 4) is 0 Å². The topological polar surface area (TPSA) is 75.4 Å². The van der Waals surface area contributed by atoms with E-state index in [2.05, 4.69) is 11.4 Å². The molecule has 0 radical (unpaired) electrons. The van der Waals surface area contributed by atoms with Crippen molar-refractivity contribution in [1.29, 1.82) is 0 Å². The number of hydrogen-bond donors (Lipinski definition) is 2. The van der Waals surface area contributed by atoms with Gasteiger partial charge in [0.2, 0.25) is 11.8 Å². The highest BCUT2D eigenvalue weighted by molar-refractivity contribution is 7.99. The van der Waals surface area contributed by atoms with Crippen LogP contribution in [-0.2, 0) is 9.59 Å². The van der Waals surface area contributed by atoms with Crippen LogP contribution in [0.1, 0.15) is 44.9 Å². The number of anilines is 1. The Morgan fingerprint density at radius 3 is 2.67 bits per heavy atom. The van der Waals surface area contributed by atoms with Gasteiger partial charge in [0.05, 0.1) is 5.69 Å². The van der Waals surface area contributed by atoms with Gasteiger partial charge < -0.3 is 16.0 Å². The maximum Gasteiger partial charge on any atom is 0.227 e. The zero-order valence-corrected chi connectivity index (χ0v) is 16.5. The molecule has 4 rings (SSSR count). The fourth-order valence-corrected chi connectivity index (χ4v) is 6.06. The number of carbonyl (C=O) groups excluding carboxylic acids is 2. The summed E-state index contributed by atoms with van der Waals surface area (Å²) in [5.41, 5.74) is 7.15. The van der Waals surface area contributed by atoms with E-state index in [-0.39, 0.29) is 36.7 Å². The largest absolute Gasteiger partial charge is 0.353 e. The van der Waals surface area contributed by atoms with Gasteiger partial charge in [-0.1, -0.05) is 18.6 Å². The van der Waals surface area contributed by atoms with E-state index in [1.54, 1.807) is 11.8 Å². The van der Waals surface area contributed by atoms with Gasteiger partial charge in [0, 0.05) is 42.1 Å². The van der Waals surface area contributed by atoms with E-state index in [4.69, 9.17) is 5.73 Å². The lowest BCUT2D eigenvalue weighted by molar-refractivity contribution is -0.126. The van der Waals surface area contributed by atoms with Gasteiger partial charge in [-0.15, -0.1) is 11.8 Å². The molecule has 2 bridgehead atoms. The molecule has 2 amide bonds. The molecule has 3 N–H and O–H groups in total. The SMILES string of the molecule is NC1CC2CCCC(C1)C2NC(=O)CCC(=O)N1CCSc2ccccc21. The van der Waals surface area contributed by atoms with Crippen LogP contribution in [0.3, 0.4) is 0 Å². The Kier molecular flexibility index (Phi) is 5.74. The van der Waals surface area contributed by atoms with Crippen LogP contribution in [0.5, 0.6) is 0 Å². The van der Waals surface area contributed by atoms with Gasteiger partial charge in [-0.2, -0.15) is 0 Å². The van der Waals surface area contributed by atoms with Gasteiger partial charge in [0.15, 0.2) is 0 Å². The van der Waals surface area contributed by atoms with E-state index in [0.29, 0.717) is 18.4 Å². The van der Waals surface area contributed by atoms with Crippen LogP contribution in [-0.4, -0.2) is 36.2 Å². The highest BCUT2D eigenvalue weighted by Gasteiger charge is 2.39. The Hall–Kier alpha value is -1.53. The Morgan fingerprint density at radius 1 is 1.15 bits per heavy atom. The number of rotatable bonds is 4. The fraction of sp³-hybridized carbons (Fsp3) is 0.619. The average Bonchev–Trinajstić information content (AvgIpc) is 2.66. The van der Waals surface area contributed by atoms with Crippen molar-refractivity contribution in [3.63, 3.8) is 0 Å². The van der Waals surface area contributed by atoms with Crippen LogP contribution in [0.2, 0.25) is 0 Å². The number of thioether (sulfide) groups is 1. The molecule has 1 aromatic carbocycles. The molecule has 5 nitrogen and oxygen atoms in total. The number of fused-ring (bicyclic) bond motifs is 3. The molecule has 2 unspecified atom stereocenters. The second-order valence-corrected chi connectivity index (χ2v) is 9.27. The number of nitrogens with two attached hydrogens (primary N) is 1. The third-order valence-electron chi connectivity index (χ3n) is 6.30. The maximum absolute atomic E-state index is 12.7. The summed E-state index contributed by atoms with van der Waals surface area (Å²) < 4.78 is 0. The number of para-hydroxylation sites is 1. The predicted octanol–water partition coefficient (Wildman–Crippen LogP) is 2.93. The van der Waals surface area contributed by atoms with Crippen LogP contribution in [0.15, 0.2) is 29.2 Å². The quantitative estimate of drug-likeness (QED) is 0.833. The zero-order valence-electron chi connectivity index (χ0n) is 15.7. The summed E-state index contributed by atoms with van der Waals surface area (Å²) in [7, 11) is 0. The van der Waals surface area contributed by atoms with Crippen LogP contribution in [0.25, 0.3) is 0 Å². The molecular weight excluding hydrogens is 358 g/mol. The third-order valence-corrected chi connectivity index (χ3v) is 7.34. The Balaban J connectivity index is 1.32. The number of amides is 2. The molecule has 146 valence electrons. The van der Waals surface area contributed by atoms with Gasteiger partial charge in [-0.25, -0.2) is 0 Å². The van der Waals surface area contributed by atoms with E-state index < -0.39 is 0 Å². The van der Waals surface area contributed by atoms with Crippen molar-refractivity contribution in [3.05, 3.63) is 24.3 Å². The van der Waals surface area contributed by atoms with Gasteiger partial charge in [-0.3, -0.25) is 9.59 Å². The van der Waals surface area contributed by atoms with Gasteiger partial charge in [0.1, 0.15) is 0 Å². The summed E-state index contributed by atoms with van der Waals surface area (Å²) in [5.74, 6) is 1.99. The van der Waals surface area contributed by atoms with Crippen molar-refractivity contribution in [1.82, 2.24) is 5.32 Å². The highest BCUT2D eigenvalue weighted by atomic mass is 32.2. The molecule has 6 heteroatoms. The van der Waals surface area contributed by atoms with Crippen molar-refractivity contribution in [2.24, 2.45) is 17.6 Å². The molecule has 1 aliphatic heterocycles. The summed E-state index contributed by atoms with van der Waals surface area (Å²) >= 11 is 1.78. The van der Waals surface area contributed by atoms with E-state index in [9.17, 15) is 9.59 Å². The first-order valence-electron chi connectivity index (χ1n) is 10.2. The second kappa shape index (κ2) is 8.23. The molecular formula is C21H29N3O2S. The first-order valence-corrected chi connectivity index (χ1v) is 11.2. The molecule has 2 atom stereocenters. The van der Waals surface area contributed by atoms with Crippen LogP contribution >= 0.6 is 11.8 Å². The van der Waals surface area contributed by atoms with Gasteiger partial charge >= 0.3 is 0 Å². The van der Waals surface area contributed by atoms with Crippen molar-refractivity contribution in [2.75, 3.05) is 17.2 Å². The molecule has 1 heterocycles. The molecule has 2 aliphatic carbocycles. The first-order chi connectivity index (χ1) is 13.1. The first kappa shape index (κ1) is 18.8. The van der Waals surface area contributed by atoms with Crippen molar-refractivity contribution < 1.29 is 9.59 Å². The van der Waals surface area contributed by atoms with Crippen LogP contribution in [0.4, 0.5) is 5.69 Å². The zero-order chi connectivity index (χ0) is 18.8. The summed E-state index contributed by atoms with van der Waals surface area (Å²) in [6.45, 7) is 0.715. The maximum atomic E-state index is 12.7. The van der Waals surface area contributed by atoms with Gasteiger partial charge in [-0.05, 0) is 49.7 Å². The fourth-order valence-electron chi connectivity index (χ4n) is 5.07. The number of benzene rings is 1. The van der Waals surface area contributed by atoms with E-state index >= 15 is 0 Å². The van der Waals surface area contributed by atoms with E-state index in [1.807, 2.05) is 23.1 Å². The minimum atomic E-state index is 0.0143. The number of carbonyl (C=O) groups is 2. The molecule has 2 saturated carbocycles. The predicted molar refractivity (Wildman–Crippen MR) is 109 cm³/mol. The average molecular weight is 388 g/mol. The molecule has 3 aliphatic rings. The normalized spacial score (nSPS) is 29.7. The lowest BCUT2D eigenvalue weighted by Crippen LogP contribution is -2.53. The number of nitrogens with one attached hydrogen (secondary N) is 1. The van der Waals surface area contributed by atoms with E-state index in [0.717, 1.165) is 42.0 Å². The summed E-state index contributed by atoms with van der Waals surface area (Å²) in [4.78, 5) is 28.2. The minimum Gasteiger partial charge on any atom is -0.353 e. The van der Waals surface area contributed by atoms with Crippen molar-refractivity contribution >= 4 is 29.3 Å². The van der Waals surface area contributed by atoms with Crippen molar-refractivity contribution in [2.45, 2.75) is 61.9 Å². The third kappa shape index (κ3) is 4.16. The highest BCUT2D eigenvalue weighted by Crippen LogP contribution is 2.39. The minimum absolute atomic E-state index is 0.0143.